The van der Waals surface area contributed by atoms with E-state index >= 15 is 0 Å². The number of hydrogen-bond acceptors (Lipinski definition) is 4. The predicted molar refractivity (Wildman–Crippen MR) is 181 cm³/mol. The van der Waals surface area contributed by atoms with Crippen LogP contribution in [0.4, 0.5) is 5.69 Å². The molecule has 1 N–H and O–H groups in total. The molecule has 4 aromatic rings. The molecule has 45 heavy (non-hydrogen) atoms. The number of halogens is 1. The van der Waals surface area contributed by atoms with E-state index in [1.807, 2.05) is 71.0 Å². The third-order valence-electron chi connectivity index (χ3n) is 7.35. The molecule has 0 heterocycles. The first-order chi connectivity index (χ1) is 21.3. The molecule has 4 aromatic carbocycles. The van der Waals surface area contributed by atoms with E-state index in [4.69, 9.17) is 11.6 Å². The van der Waals surface area contributed by atoms with Crippen LogP contribution in [0, 0.1) is 20.8 Å². The van der Waals surface area contributed by atoms with Crippen molar-refractivity contribution in [2.24, 2.45) is 0 Å². The molecule has 0 spiro atoms. The lowest BCUT2D eigenvalue weighted by Crippen LogP contribution is -2.54. The second-order valence-electron chi connectivity index (χ2n) is 11.7. The minimum atomic E-state index is -4.17. The van der Waals surface area contributed by atoms with Gasteiger partial charge in [0, 0.05) is 24.0 Å². The SMILES string of the molecule is Cc1ccc(S(=O)(=O)N(CC(=O)N(Cc2ccc(Cl)cc2)C(Cc2ccccc2)C(=O)NC(C)C)c2cc(C)cc(C)c2)cc1. The number of carbonyl (C=O) groups excluding carboxylic acids is 2. The highest BCUT2D eigenvalue weighted by atomic mass is 35.5. The van der Waals surface area contributed by atoms with Crippen molar-refractivity contribution >= 4 is 39.1 Å². The van der Waals surface area contributed by atoms with Crippen molar-refractivity contribution in [3.63, 3.8) is 0 Å². The van der Waals surface area contributed by atoms with Gasteiger partial charge in [-0.25, -0.2) is 8.42 Å². The number of hydrogen-bond donors (Lipinski definition) is 1. The fourth-order valence-electron chi connectivity index (χ4n) is 5.18. The largest absolute Gasteiger partial charge is 0.352 e. The van der Waals surface area contributed by atoms with E-state index in [9.17, 15) is 18.0 Å². The van der Waals surface area contributed by atoms with Gasteiger partial charge in [-0.3, -0.25) is 13.9 Å². The number of anilines is 1. The Kier molecular flexibility index (Phi) is 11.1. The summed E-state index contributed by atoms with van der Waals surface area (Å²) in [4.78, 5) is 29.9. The minimum Gasteiger partial charge on any atom is -0.352 e. The monoisotopic (exact) mass is 645 g/mol. The molecule has 236 valence electrons. The predicted octanol–water partition coefficient (Wildman–Crippen LogP) is 6.63. The Morgan fingerprint density at radius 3 is 1.96 bits per heavy atom. The van der Waals surface area contributed by atoms with Gasteiger partial charge in [-0.05, 0) is 93.3 Å². The lowest BCUT2D eigenvalue weighted by molar-refractivity contribution is -0.140. The zero-order valence-corrected chi connectivity index (χ0v) is 27.9. The van der Waals surface area contributed by atoms with Gasteiger partial charge in [-0.1, -0.05) is 77.8 Å². The average molecular weight is 646 g/mol. The summed E-state index contributed by atoms with van der Waals surface area (Å²) >= 11 is 6.15. The van der Waals surface area contributed by atoms with Crippen molar-refractivity contribution in [1.82, 2.24) is 10.2 Å². The molecule has 0 aromatic heterocycles. The molecule has 0 radical (unpaired) electrons. The fraction of sp³-hybridized carbons (Fsp3) is 0.278. The van der Waals surface area contributed by atoms with Crippen molar-refractivity contribution in [1.29, 1.82) is 0 Å². The van der Waals surface area contributed by atoms with Gasteiger partial charge in [0.05, 0.1) is 10.6 Å². The number of sulfonamides is 1. The summed E-state index contributed by atoms with van der Waals surface area (Å²) in [5.74, 6) is -0.838. The molecule has 1 unspecified atom stereocenters. The lowest BCUT2D eigenvalue weighted by Gasteiger charge is -2.34. The number of nitrogens with one attached hydrogen (secondary N) is 1. The lowest BCUT2D eigenvalue weighted by atomic mass is 10.0. The third-order valence-corrected chi connectivity index (χ3v) is 9.39. The molecule has 9 heteroatoms. The molecule has 1 atom stereocenters. The van der Waals surface area contributed by atoms with Crippen LogP contribution in [0.3, 0.4) is 0 Å². The van der Waals surface area contributed by atoms with Gasteiger partial charge in [-0.15, -0.1) is 0 Å². The maximum absolute atomic E-state index is 14.5. The van der Waals surface area contributed by atoms with Crippen molar-refractivity contribution in [2.45, 2.75) is 64.6 Å². The van der Waals surface area contributed by atoms with E-state index in [0.717, 1.165) is 32.1 Å². The number of benzene rings is 4. The Hall–Kier alpha value is -4.14. The van der Waals surface area contributed by atoms with Crippen LogP contribution >= 0.6 is 11.6 Å². The molecule has 0 aliphatic carbocycles. The Labute approximate surface area is 271 Å². The van der Waals surface area contributed by atoms with Crippen LogP contribution < -0.4 is 9.62 Å². The first-order valence-electron chi connectivity index (χ1n) is 14.9. The summed E-state index contributed by atoms with van der Waals surface area (Å²) in [7, 11) is -4.17. The van der Waals surface area contributed by atoms with Crippen LogP contribution in [0.2, 0.25) is 5.02 Å². The standard InChI is InChI=1S/C36H40ClN3O4S/c1-25(2)38-36(42)34(22-29-9-7-6-8-10-29)39(23-30-13-15-31(37)16-14-30)35(41)24-40(32-20-27(4)19-28(5)21-32)45(43,44)33-17-11-26(3)12-18-33/h6-21,25,34H,22-24H2,1-5H3,(H,38,42). The topological polar surface area (TPSA) is 86.8 Å². The molecule has 0 aliphatic heterocycles. The first kappa shape index (κ1) is 33.7. The minimum absolute atomic E-state index is 0.0719. The van der Waals surface area contributed by atoms with Gasteiger partial charge < -0.3 is 10.2 Å². The number of aryl methyl sites for hydroxylation is 3. The number of rotatable bonds is 12. The van der Waals surface area contributed by atoms with Crippen LogP contribution in [0.15, 0.2) is 102 Å². The first-order valence-corrected chi connectivity index (χ1v) is 16.7. The van der Waals surface area contributed by atoms with Crippen LogP contribution in [-0.2, 0) is 32.6 Å². The molecule has 0 saturated heterocycles. The van der Waals surface area contributed by atoms with Gasteiger partial charge in [0.25, 0.3) is 10.0 Å². The zero-order valence-electron chi connectivity index (χ0n) is 26.3. The molecule has 0 bridgehead atoms. The molecule has 2 amide bonds. The van der Waals surface area contributed by atoms with Crippen molar-refractivity contribution in [3.8, 4) is 0 Å². The van der Waals surface area contributed by atoms with E-state index in [1.165, 1.54) is 4.90 Å². The Morgan fingerprint density at radius 2 is 1.38 bits per heavy atom. The zero-order chi connectivity index (χ0) is 32.7. The van der Waals surface area contributed by atoms with Crippen LogP contribution in [0.25, 0.3) is 0 Å². The Morgan fingerprint density at radius 1 is 0.778 bits per heavy atom. The number of nitrogens with zero attached hydrogens (tertiary/aromatic N) is 2. The molecule has 0 fully saturated rings. The summed E-state index contributed by atoms with van der Waals surface area (Å²) < 4.78 is 29.6. The van der Waals surface area contributed by atoms with E-state index in [0.29, 0.717) is 10.7 Å². The smallest absolute Gasteiger partial charge is 0.264 e. The summed E-state index contributed by atoms with van der Waals surface area (Å²) in [6, 6.07) is 27.4. The van der Waals surface area contributed by atoms with Crippen LogP contribution in [0.5, 0.6) is 0 Å². The third kappa shape index (κ3) is 8.96. The maximum Gasteiger partial charge on any atom is 0.264 e. The Bertz CT molecular complexity index is 1700. The Balaban J connectivity index is 1.82. The molecular weight excluding hydrogens is 606 g/mol. The summed E-state index contributed by atoms with van der Waals surface area (Å²) in [5, 5.41) is 3.51. The molecule has 0 aliphatic rings. The second-order valence-corrected chi connectivity index (χ2v) is 14.0. The highest BCUT2D eigenvalue weighted by Gasteiger charge is 2.35. The number of carbonyl (C=O) groups is 2. The van der Waals surface area contributed by atoms with E-state index in [-0.39, 0.29) is 29.8 Å². The molecular formula is C36H40ClN3O4S. The van der Waals surface area contributed by atoms with Crippen molar-refractivity contribution in [2.75, 3.05) is 10.8 Å². The van der Waals surface area contributed by atoms with Crippen molar-refractivity contribution < 1.29 is 18.0 Å². The summed E-state index contributed by atoms with van der Waals surface area (Å²) in [5.41, 5.74) is 4.63. The fourth-order valence-corrected chi connectivity index (χ4v) is 6.71. The van der Waals surface area contributed by atoms with Gasteiger partial charge in [-0.2, -0.15) is 0 Å². The quantitative estimate of drug-likeness (QED) is 0.188. The van der Waals surface area contributed by atoms with Gasteiger partial charge in [0.15, 0.2) is 0 Å². The summed E-state index contributed by atoms with van der Waals surface area (Å²) in [6.45, 7) is 8.93. The van der Waals surface area contributed by atoms with Crippen LogP contribution in [-0.4, -0.2) is 43.8 Å². The second kappa shape index (κ2) is 14.8. The van der Waals surface area contributed by atoms with Gasteiger partial charge in [0.1, 0.15) is 12.6 Å². The average Bonchev–Trinajstić information content (AvgIpc) is 2.98. The normalized spacial score (nSPS) is 12.1. The van der Waals surface area contributed by atoms with Crippen molar-refractivity contribution in [3.05, 3.63) is 130 Å². The molecule has 4 rings (SSSR count). The van der Waals surface area contributed by atoms with Crippen LogP contribution in [0.1, 0.15) is 41.7 Å². The maximum atomic E-state index is 14.5. The summed E-state index contributed by atoms with van der Waals surface area (Å²) in [6.07, 6.45) is 0.243. The highest BCUT2D eigenvalue weighted by molar-refractivity contribution is 7.92. The van der Waals surface area contributed by atoms with E-state index in [2.05, 4.69) is 5.32 Å². The molecule has 7 nitrogen and oxygen atoms in total. The molecule has 0 saturated carbocycles. The van der Waals surface area contributed by atoms with Gasteiger partial charge in [0.2, 0.25) is 11.8 Å². The van der Waals surface area contributed by atoms with Gasteiger partial charge >= 0.3 is 0 Å². The highest BCUT2D eigenvalue weighted by Crippen LogP contribution is 2.27. The van der Waals surface area contributed by atoms with E-state index < -0.39 is 28.5 Å². The number of amides is 2. The van der Waals surface area contributed by atoms with E-state index in [1.54, 1.807) is 60.7 Å².